The van der Waals surface area contributed by atoms with E-state index < -0.39 is 6.10 Å². The van der Waals surface area contributed by atoms with E-state index in [1.54, 1.807) is 21.3 Å². The van der Waals surface area contributed by atoms with Crippen molar-refractivity contribution < 1.29 is 19.3 Å². The maximum absolute atomic E-state index is 10.9. The highest BCUT2D eigenvalue weighted by molar-refractivity contribution is 5.57. The van der Waals surface area contributed by atoms with Crippen molar-refractivity contribution in [2.45, 2.75) is 33.8 Å². The number of aliphatic hydroxyl groups excluding tert-OH is 1. The summed E-state index contributed by atoms with van der Waals surface area (Å²) in [4.78, 5) is 0. The highest BCUT2D eigenvalue weighted by Gasteiger charge is 2.67. The molecule has 1 aromatic carbocycles. The van der Waals surface area contributed by atoms with Gasteiger partial charge in [-0.2, -0.15) is 0 Å². The van der Waals surface area contributed by atoms with Gasteiger partial charge in [0.2, 0.25) is 5.75 Å². The monoisotopic (exact) mass is 294 g/mol. The van der Waals surface area contributed by atoms with Gasteiger partial charge in [0.15, 0.2) is 11.5 Å². The molecule has 1 N–H and O–H groups in total. The first-order valence-electron chi connectivity index (χ1n) is 7.21. The van der Waals surface area contributed by atoms with Gasteiger partial charge in [-0.1, -0.05) is 27.7 Å². The van der Waals surface area contributed by atoms with Crippen LogP contribution < -0.4 is 14.2 Å². The Hall–Kier alpha value is -1.42. The van der Waals surface area contributed by atoms with Crippen LogP contribution in [0.15, 0.2) is 12.1 Å². The number of aliphatic hydroxyl groups is 1. The van der Waals surface area contributed by atoms with E-state index in [4.69, 9.17) is 14.2 Å². The molecule has 1 aliphatic rings. The van der Waals surface area contributed by atoms with Gasteiger partial charge in [0.05, 0.1) is 27.4 Å². The Morgan fingerprint density at radius 1 is 0.905 bits per heavy atom. The first-order valence-corrected chi connectivity index (χ1v) is 7.21. The molecule has 0 aliphatic heterocycles. The molecule has 21 heavy (non-hydrogen) atoms. The van der Waals surface area contributed by atoms with Crippen molar-refractivity contribution >= 4 is 0 Å². The average Bonchev–Trinajstić information content (AvgIpc) is 2.85. The minimum atomic E-state index is -0.593. The van der Waals surface area contributed by atoms with Crippen molar-refractivity contribution in [2.75, 3.05) is 21.3 Å². The summed E-state index contributed by atoms with van der Waals surface area (Å²) < 4.78 is 16.2. The van der Waals surface area contributed by atoms with Gasteiger partial charge in [-0.3, -0.25) is 0 Å². The van der Waals surface area contributed by atoms with Crippen LogP contribution >= 0.6 is 0 Å². The van der Waals surface area contributed by atoms with Crippen LogP contribution in [0.1, 0.15) is 39.4 Å². The number of benzene rings is 1. The smallest absolute Gasteiger partial charge is 0.203 e. The zero-order valence-corrected chi connectivity index (χ0v) is 14.0. The van der Waals surface area contributed by atoms with Crippen LogP contribution in [0.2, 0.25) is 0 Å². The molecule has 1 aliphatic carbocycles. The number of rotatable bonds is 5. The fraction of sp³-hybridized carbons (Fsp3) is 0.647. The molecule has 0 bridgehead atoms. The van der Waals surface area contributed by atoms with Gasteiger partial charge < -0.3 is 19.3 Å². The Bertz CT molecular complexity index is 520. The lowest BCUT2D eigenvalue weighted by Crippen LogP contribution is -2.08. The molecular weight excluding hydrogens is 268 g/mol. The molecule has 2 rings (SSSR count). The molecule has 1 fully saturated rings. The van der Waals surface area contributed by atoms with Crippen molar-refractivity contribution in [1.82, 2.24) is 0 Å². The van der Waals surface area contributed by atoms with Crippen LogP contribution in [-0.2, 0) is 0 Å². The zero-order valence-electron chi connectivity index (χ0n) is 14.0. The van der Waals surface area contributed by atoms with E-state index in [0.29, 0.717) is 17.2 Å². The third-order valence-electron chi connectivity index (χ3n) is 5.50. The highest BCUT2D eigenvalue weighted by atomic mass is 16.5. The molecule has 1 unspecified atom stereocenters. The Balaban J connectivity index is 2.46. The second-order valence-electron chi connectivity index (χ2n) is 6.79. The summed E-state index contributed by atoms with van der Waals surface area (Å²) in [7, 11) is 4.73. The maximum atomic E-state index is 10.9. The predicted molar refractivity (Wildman–Crippen MR) is 82.1 cm³/mol. The summed E-state index contributed by atoms with van der Waals surface area (Å²) in [6, 6.07) is 3.66. The Morgan fingerprint density at radius 2 is 1.43 bits per heavy atom. The first kappa shape index (κ1) is 16.0. The largest absolute Gasteiger partial charge is 0.493 e. The summed E-state index contributed by atoms with van der Waals surface area (Å²) in [6.45, 7) is 8.75. The number of hydrogen-bond acceptors (Lipinski definition) is 4. The second-order valence-corrected chi connectivity index (χ2v) is 6.79. The van der Waals surface area contributed by atoms with Crippen LogP contribution in [0.4, 0.5) is 0 Å². The molecule has 4 heteroatoms. The topological polar surface area (TPSA) is 47.9 Å². The van der Waals surface area contributed by atoms with Gasteiger partial charge in [0.1, 0.15) is 0 Å². The minimum absolute atomic E-state index is 0.0879. The van der Waals surface area contributed by atoms with Crippen molar-refractivity contribution in [1.29, 1.82) is 0 Å². The third-order valence-corrected chi connectivity index (χ3v) is 5.50. The highest BCUT2D eigenvalue weighted by Crippen LogP contribution is 2.72. The van der Waals surface area contributed by atoms with E-state index in [1.807, 2.05) is 12.1 Å². The van der Waals surface area contributed by atoms with Crippen LogP contribution in [0.5, 0.6) is 17.2 Å². The summed E-state index contributed by atoms with van der Waals surface area (Å²) in [5.41, 5.74) is 0.925. The maximum Gasteiger partial charge on any atom is 0.203 e. The lowest BCUT2D eigenvalue weighted by atomic mass is 9.98. The van der Waals surface area contributed by atoms with Gasteiger partial charge in [0, 0.05) is 11.5 Å². The molecule has 0 saturated heterocycles. The van der Waals surface area contributed by atoms with E-state index in [-0.39, 0.29) is 16.7 Å². The summed E-state index contributed by atoms with van der Waals surface area (Å²) >= 11 is 0. The molecule has 118 valence electrons. The van der Waals surface area contributed by atoms with E-state index in [2.05, 4.69) is 27.7 Å². The van der Waals surface area contributed by atoms with Gasteiger partial charge in [0.25, 0.3) is 0 Å². The Kier molecular flexibility index (Phi) is 3.87. The number of ether oxygens (including phenoxy) is 3. The number of methoxy groups -OCH3 is 3. The van der Waals surface area contributed by atoms with Crippen molar-refractivity contribution in [3.63, 3.8) is 0 Å². The fourth-order valence-electron chi connectivity index (χ4n) is 3.57. The second kappa shape index (κ2) is 5.09. The first-order chi connectivity index (χ1) is 9.73. The summed E-state index contributed by atoms with van der Waals surface area (Å²) in [5, 5.41) is 10.9. The molecule has 0 aromatic heterocycles. The molecule has 1 saturated carbocycles. The lowest BCUT2D eigenvalue weighted by Gasteiger charge is -2.20. The Morgan fingerprint density at radius 3 is 1.81 bits per heavy atom. The SMILES string of the molecule is COc1ccc(C(O)C2C(C)(C)C2(C)C)c(OC)c1OC. The molecule has 1 aromatic rings. The van der Waals surface area contributed by atoms with Crippen molar-refractivity contribution in [3.05, 3.63) is 17.7 Å². The van der Waals surface area contributed by atoms with E-state index in [1.165, 1.54) is 0 Å². The van der Waals surface area contributed by atoms with Crippen molar-refractivity contribution in [2.24, 2.45) is 16.7 Å². The minimum Gasteiger partial charge on any atom is -0.493 e. The van der Waals surface area contributed by atoms with Gasteiger partial charge >= 0.3 is 0 Å². The Labute approximate surface area is 127 Å². The molecule has 0 heterocycles. The summed E-state index contributed by atoms with van der Waals surface area (Å²) in [6.07, 6.45) is -0.593. The van der Waals surface area contributed by atoms with Gasteiger partial charge in [-0.15, -0.1) is 0 Å². The van der Waals surface area contributed by atoms with E-state index in [9.17, 15) is 5.11 Å². The molecule has 4 nitrogen and oxygen atoms in total. The molecule has 0 spiro atoms. The van der Waals surface area contributed by atoms with E-state index in [0.717, 1.165) is 5.56 Å². The molecule has 0 amide bonds. The van der Waals surface area contributed by atoms with Gasteiger partial charge in [-0.05, 0) is 23.0 Å². The van der Waals surface area contributed by atoms with Crippen LogP contribution in [0.3, 0.4) is 0 Å². The van der Waals surface area contributed by atoms with E-state index >= 15 is 0 Å². The standard InChI is InChI=1S/C17H26O4/c1-16(2)15(17(16,3)4)12(18)10-8-9-11(19-5)14(21-7)13(10)20-6/h8-9,12,15,18H,1-7H3. The van der Waals surface area contributed by atoms with Crippen LogP contribution in [0.25, 0.3) is 0 Å². The lowest BCUT2D eigenvalue weighted by molar-refractivity contribution is 0.126. The van der Waals surface area contributed by atoms with Crippen molar-refractivity contribution in [3.8, 4) is 17.2 Å². The quantitative estimate of drug-likeness (QED) is 0.904. The van der Waals surface area contributed by atoms with Crippen LogP contribution in [-0.4, -0.2) is 26.4 Å². The fourth-order valence-corrected chi connectivity index (χ4v) is 3.57. The predicted octanol–water partition coefficient (Wildman–Crippen LogP) is 3.43. The van der Waals surface area contributed by atoms with Crippen LogP contribution in [0, 0.1) is 16.7 Å². The summed E-state index contributed by atoms with van der Waals surface area (Å²) in [5.74, 6) is 1.84. The third kappa shape index (κ3) is 2.16. The van der Waals surface area contributed by atoms with Gasteiger partial charge in [-0.25, -0.2) is 0 Å². The average molecular weight is 294 g/mol. The molecular formula is C17H26O4. The zero-order chi connectivity index (χ0) is 16.0. The molecule has 1 atom stereocenters. The number of hydrogen-bond donors (Lipinski definition) is 1. The normalized spacial score (nSPS) is 20.8. The molecule has 0 radical (unpaired) electrons.